The first-order valence-electron chi connectivity index (χ1n) is 10.2. The Morgan fingerprint density at radius 1 is 1.20 bits per heavy atom. The van der Waals surface area contributed by atoms with Gasteiger partial charge in [0.1, 0.15) is 5.65 Å². The lowest BCUT2D eigenvalue weighted by Gasteiger charge is -2.26. The van der Waals surface area contributed by atoms with Crippen LogP contribution in [0.5, 0.6) is 0 Å². The minimum Gasteiger partial charge on any atom is -0.379 e. The van der Waals surface area contributed by atoms with Gasteiger partial charge in [-0.15, -0.1) is 0 Å². The monoisotopic (exact) mass is 421 g/mol. The molecule has 0 spiro atoms. The van der Waals surface area contributed by atoms with Gasteiger partial charge in [0.15, 0.2) is 4.77 Å². The van der Waals surface area contributed by atoms with Gasteiger partial charge in [0.25, 0.3) is 5.91 Å². The molecule has 3 heterocycles. The van der Waals surface area contributed by atoms with Gasteiger partial charge in [-0.2, -0.15) is 0 Å². The molecule has 30 heavy (non-hydrogen) atoms. The minimum atomic E-state index is -0.0772. The number of hydrogen-bond acceptors (Lipinski definition) is 5. The highest BCUT2D eigenvalue weighted by Gasteiger charge is 2.13. The Hall–Kier alpha value is -2.81. The van der Waals surface area contributed by atoms with E-state index >= 15 is 0 Å². The Balaban J connectivity index is 1.35. The second kappa shape index (κ2) is 8.14. The number of carbonyl (C=O) groups is 1. The Bertz CT molecular complexity index is 1290. The van der Waals surface area contributed by atoms with Crippen LogP contribution in [0.1, 0.15) is 16.8 Å². The van der Waals surface area contributed by atoms with Crippen LogP contribution in [-0.2, 0) is 4.74 Å². The summed E-state index contributed by atoms with van der Waals surface area (Å²) in [7, 11) is 0. The van der Waals surface area contributed by atoms with E-state index in [0.29, 0.717) is 16.9 Å². The van der Waals surface area contributed by atoms with Crippen LogP contribution in [0, 0.1) is 4.77 Å². The van der Waals surface area contributed by atoms with Gasteiger partial charge in [0, 0.05) is 30.6 Å². The number of hydrogen-bond donors (Lipinski definition) is 2. The molecule has 5 rings (SSSR count). The standard InChI is InChI=1S/C22H23N5O2S/c28-21(23-8-3-9-26-10-12-29-13-11-26)15-6-7-16-18(14-15)25-22(30)27-19-5-2-1-4-17(19)24-20(16)27/h1-2,4-7,14H,3,8-13H2,(H,23,28)(H,25,30). The van der Waals surface area contributed by atoms with Crippen molar-refractivity contribution in [1.82, 2.24) is 24.6 Å². The Labute approximate surface area is 178 Å². The van der Waals surface area contributed by atoms with Crippen molar-refractivity contribution in [3.63, 3.8) is 0 Å². The number of fused-ring (bicyclic) bond motifs is 5. The minimum absolute atomic E-state index is 0.0772. The summed E-state index contributed by atoms with van der Waals surface area (Å²) in [6, 6.07) is 13.5. The van der Waals surface area contributed by atoms with Crippen molar-refractivity contribution in [2.24, 2.45) is 0 Å². The number of ether oxygens (including phenoxy) is 1. The van der Waals surface area contributed by atoms with Gasteiger partial charge >= 0.3 is 0 Å². The molecule has 0 atom stereocenters. The average molecular weight is 422 g/mol. The molecule has 2 aromatic carbocycles. The molecule has 2 N–H and O–H groups in total. The molecule has 1 fully saturated rings. The van der Waals surface area contributed by atoms with Crippen LogP contribution in [0.3, 0.4) is 0 Å². The van der Waals surface area contributed by atoms with Gasteiger partial charge in [-0.3, -0.25) is 14.1 Å². The highest BCUT2D eigenvalue weighted by Crippen LogP contribution is 2.24. The van der Waals surface area contributed by atoms with E-state index in [-0.39, 0.29) is 5.91 Å². The lowest BCUT2D eigenvalue weighted by atomic mass is 10.1. The van der Waals surface area contributed by atoms with Crippen LogP contribution in [-0.4, -0.2) is 64.6 Å². The SMILES string of the molecule is O=C(NCCCN1CCOCC1)c1ccc2c(c1)[nH]c(=S)n1c3ccccc3nc21. The number of aromatic nitrogens is 3. The van der Waals surface area contributed by atoms with Gasteiger partial charge in [0.05, 0.1) is 29.8 Å². The van der Waals surface area contributed by atoms with E-state index in [0.717, 1.165) is 66.9 Å². The Morgan fingerprint density at radius 2 is 2.03 bits per heavy atom. The number of para-hydroxylation sites is 2. The second-order valence-corrected chi connectivity index (χ2v) is 7.90. The first-order valence-corrected chi connectivity index (χ1v) is 10.6. The van der Waals surface area contributed by atoms with E-state index in [9.17, 15) is 4.79 Å². The van der Waals surface area contributed by atoms with E-state index in [4.69, 9.17) is 21.9 Å². The molecule has 2 aromatic heterocycles. The molecule has 0 unspecified atom stereocenters. The van der Waals surface area contributed by atoms with Gasteiger partial charge in [0.2, 0.25) is 0 Å². The van der Waals surface area contributed by atoms with Crippen LogP contribution < -0.4 is 5.32 Å². The molecule has 0 bridgehead atoms. The van der Waals surface area contributed by atoms with Crippen molar-refractivity contribution in [3.8, 4) is 0 Å². The normalized spacial score (nSPS) is 15.2. The summed E-state index contributed by atoms with van der Waals surface area (Å²) < 4.78 is 7.87. The molecule has 1 amide bonds. The summed E-state index contributed by atoms with van der Waals surface area (Å²) in [5.74, 6) is -0.0772. The third-order valence-electron chi connectivity index (χ3n) is 5.57. The van der Waals surface area contributed by atoms with Crippen LogP contribution in [0.15, 0.2) is 42.5 Å². The molecule has 154 valence electrons. The van der Waals surface area contributed by atoms with Crippen molar-refractivity contribution in [2.45, 2.75) is 6.42 Å². The Kier molecular flexibility index (Phi) is 5.20. The molecule has 0 radical (unpaired) electrons. The number of H-pyrrole nitrogens is 1. The highest BCUT2D eigenvalue weighted by molar-refractivity contribution is 7.71. The zero-order valence-electron chi connectivity index (χ0n) is 16.6. The molecule has 4 aromatic rings. The smallest absolute Gasteiger partial charge is 0.251 e. The molecule has 1 saturated heterocycles. The quantitative estimate of drug-likeness (QED) is 0.383. The van der Waals surface area contributed by atoms with Crippen LogP contribution in [0.4, 0.5) is 0 Å². The maximum Gasteiger partial charge on any atom is 0.251 e. The molecule has 1 aliphatic heterocycles. The number of benzene rings is 2. The molecular weight excluding hydrogens is 398 g/mol. The average Bonchev–Trinajstić information content (AvgIpc) is 3.17. The molecular formula is C22H23N5O2S. The largest absolute Gasteiger partial charge is 0.379 e. The molecule has 8 heteroatoms. The van der Waals surface area contributed by atoms with Gasteiger partial charge in [-0.1, -0.05) is 12.1 Å². The number of nitrogens with zero attached hydrogens (tertiary/aromatic N) is 3. The third kappa shape index (κ3) is 3.58. The van der Waals surface area contributed by atoms with E-state index < -0.39 is 0 Å². The Morgan fingerprint density at radius 3 is 2.90 bits per heavy atom. The van der Waals surface area contributed by atoms with Gasteiger partial charge in [-0.25, -0.2) is 4.98 Å². The van der Waals surface area contributed by atoms with E-state index in [1.165, 1.54) is 0 Å². The highest BCUT2D eigenvalue weighted by atomic mass is 32.1. The second-order valence-electron chi connectivity index (χ2n) is 7.51. The van der Waals surface area contributed by atoms with Crippen LogP contribution >= 0.6 is 12.2 Å². The summed E-state index contributed by atoms with van der Waals surface area (Å²) in [6.07, 6.45) is 0.920. The van der Waals surface area contributed by atoms with Crippen molar-refractivity contribution in [1.29, 1.82) is 0 Å². The fourth-order valence-electron chi connectivity index (χ4n) is 4.00. The maximum absolute atomic E-state index is 12.6. The number of imidazole rings is 1. The number of carbonyl (C=O) groups excluding carboxylic acids is 1. The number of nitrogens with one attached hydrogen (secondary N) is 2. The van der Waals surface area contributed by atoms with E-state index in [1.54, 1.807) is 0 Å². The van der Waals surface area contributed by atoms with Gasteiger partial charge in [-0.05, 0) is 55.5 Å². The van der Waals surface area contributed by atoms with Crippen molar-refractivity contribution >= 4 is 45.7 Å². The third-order valence-corrected chi connectivity index (χ3v) is 5.85. The number of amides is 1. The molecule has 0 aliphatic carbocycles. The summed E-state index contributed by atoms with van der Waals surface area (Å²) in [5.41, 5.74) is 4.08. The number of morpholine rings is 1. The van der Waals surface area contributed by atoms with Crippen LogP contribution in [0.25, 0.3) is 27.6 Å². The summed E-state index contributed by atoms with van der Waals surface area (Å²) in [4.78, 5) is 23.0. The van der Waals surface area contributed by atoms with Crippen molar-refractivity contribution in [3.05, 3.63) is 52.8 Å². The summed E-state index contributed by atoms with van der Waals surface area (Å²) in [6.45, 7) is 5.15. The number of rotatable bonds is 5. The maximum atomic E-state index is 12.6. The summed E-state index contributed by atoms with van der Waals surface area (Å²) >= 11 is 5.57. The first-order chi connectivity index (χ1) is 14.7. The molecule has 1 aliphatic rings. The topological polar surface area (TPSA) is 74.7 Å². The van der Waals surface area contributed by atoms with E-state index in [1.807, 2.05) is 46.9 Å². The predicted octanol–water partition coefficient (Wildman–Crippen LogP) is 3.15. The van der Waals surface area contributed by atoms with E-state index in [2.05, 4.69) is 15.2 Å². The fourth-order valence-corrected chi connectivity index (χ4v) is 4.29. The van der Waals surface area contributed by atoms with Crippen LogP contribution in [0.2, 0.25) is 0 Å². The lowest BCUT2D eigenvalue weighted by molar-refractivity contribution is 0.0374. The van der Waals surface area contributed by atoms with Crippen molar-refractivity contribution < 1.29 is 9.53 Å². The lowest BCUT2D eigenvalue weighted by Crippen LogP contribution is -2.38. The zero-order valence-corrected chi connectivity index (χ0v) is 17.4. The first kappa shape index (κ1) is 19.2. The molecule has 0 saturated carbocycles. The fraction of sp³-hybridized carbons (Fsp3) is 0.318. The molecule has 7 nitrogen and oxygen atoms in total. The number of aromatic amines is 1. The summed E-state index contributed by atoms with van der Waals surface area (Å²) in [5, 5.41) is 3.95. The van der Waals surface area contributed by atoms with Gasteiger partial charge < -0.3 is 15.0 Å². The van der Waals surface area contributed by atoms with Crippen molar-refractivity contribution in [2.75, 3.05) is 39.4 Å². The predicted molar refractivity (Wildman–Crippen MR) is 120 cm³/mol. The zero-order chi connectivity index (χ0) is 20.5.